The zero-order chi connectivity index (χ0) is 28.9. The van der Waals surface area contributed by atoms with Crippen LogP contribution in [-0.4, -0.2) is 34.7 Å². The summed E-state index contributed by atoms with van der Waals surface area (Å²) in [6, 6.07) is 9.74. The van der Waals surface area contributed by atoms with E-state index in [1.807, 2.05) is 35.2 Å². The molecule has 0 aliphatic carbocycles. The quantitative estimate of drug-likeness (QED) is 0.0854. The smallest absolute Gasteiger partial charge is 0.163 e. The van der Waals surface area contributed by atoms with Gasteiger partial charge in [0.1, 0.15) is 0 Å². The molecule has 0 saturated carbocycles. The van der Waals surface area contributed by atoms with Gasteiger partial charge in [-0.25, -0.2) is 0 Å². The number of carbonyl (C=O) groups excluding carboxylic acids is 4. The van der Waals surface area contributed by atoms with E-state index in [0.29, 0.717) is 38.3 Å². The Balaban J connectivity index is 3.28. The lowest BCUT2D eigenvalue weighted by Crippen LogP contribution is -2.29. The lowest BCUT2D eigenvalue weighted by Gasteiger charge is -2.31. The number of hydrogen-bond donors (Lipinski definition) is 0. The van der Waals surface area contributed by atoms with E-state index in [2.05, 4.69) is 27.7 Å². The zero-order valence-electron chi connectivity index (χ0n) is 25.1. The highest BCUT2D eigenvalue weighted by molar-refractivity contribution is 7.90. The van der Waals surface area contributed by atoms with Gasteiger partial charge in [-0.2, -0.15) is 0 Å². The summed E-state index contributed by atoms with van der Waals surface area (Å²) in [4.78, 5) is 55.7. The van der Waals surface area contributed by atoms with Gasteiger partial charge in [0.15, 0.2) is 22.1 Å². The second-order valence-corrected chi connectivity index (χ2v) is 14.7. The number of para-hydroxylation sites is 1. The van der Waals surface area contributed by atoms with Crippen LogP contribution in [0.2, 0.25) is 0 Å². The summed E-state index contributed by atoms with van der Waals surface area (Å²) >= 11 is 0. The Labute approximate surface area is 240 Å². The Morgan fingerprint density at radius 3 is 1.10 bits per heavy atom. The maximum Gasteiger partial charge on any atom is 0.163 e. The van der Waals surface area contributed by atoms with Crippen LogP contribution in [0.15, 0.2) is 30.3 Å². The molecule has 220 valence electrons. The SMILES string of the molecule is CCCCCC(=O)P(CN(CP(C(=O)CCCCC)C(=O)CCCCC)c1ccccc1)C(=O)CCCCC. The molecule has 0 bridgehead atoms. The van der Waals surface area contributed by atoms with Crippen LogP contribution < -0.4 is 4.90 Å². The minimum Gasteiger partial charge on any atom is -0.362 e. The standard InChI is InChI=1S/C32H53NO4P2/c1-5-9-14-22-29(34)38(30(35)23-15-10-6-2)26-33(28-20-18-13-19-21-28)27-39(31(36)24-16-11-7-3)32(37)25-17-12-8-4/h13,18-21H,5-12,14-17,22-27H2,1-4H3. The molecule has 0 aromatic heterocycles. The van der Waals surface area contributed by atoms with Crippen LogP contribution in [0, 0.1) is 0 Å². The second-order valence-electron chi connectivity index (χ2n) is 10.4. The van der Waals surface area contributed by atoms with Gasteiger partial charge in [0.05, 0.1) is 28.4 Å². The van der Waals surface area contributed by atoms with Gasteiger partial charge in [-0.05, 0) is 37.8 Å². The van der Waals surface area contributed by atoms with Crippen molar-refractivity contribution in [2.45, 2.75) is 130 Å². The summed E-state index contributed by atoms with van der Waals surface area (Å²) in [6.45, 7) is 8.44. The summed E-state index contributed by atoms with van der Waals surface area (Å²) in [5, 5.41) is 0. The Kier molecular flexibility index (Phi) is 20.3. The Morgan fingerprint density at radius 2 is 0.821 bits per heavy atom. The van der Waals surface area contributed by atoms with Gasteiger partial charge in [0.2, 0.25) is 0 Å². The normalized spacial score (nSPS) is 11.2. The number of carbonyl (C=O) groups is 4. The minimum atomic E-state index is -1.54. The van der Waals surface area contributed by atoms with Crippen molar-refractivity contribution in [3.8, 4) is 0 Å². The van der Waals surface area contributed by atoms with Gasteiger partial charge < -0.3 is 4.90 Å². The first-order valence-electron chi connectivity index (χ1n) is 15.4. The van der Waals surface area contributed by atoms with Gasteiger partial charge in [-0.1, -0.05) is 97.3 Å². The van der Waals surface area contributed by atoms with Crippen molar-refractivity contribution in [2.24, 2.45) is 0 Å². The molecule has 0 radical (unpaired) electrons. The van der Waals surface area contributed by atoms with E-state index >= 15 is 0 Å². The van der Waals surface area contributed by atoms with Crippen molar-refractivity contribution < 1.29 is 19.2 Å². The number of hydrogen-bond acceptors (Lipinski definition) is 5. The van der Waals surface area contributed by atoms with E-state index in [1.54, 1.807) is 0 Å². The number of nitrogens with zero attached hydrogens (tertiary/aromatic N) is 1. The van der Waals surface area contributed by atoms with Crippen LogP contribution in [0.1, 0.15) is 130 Å². The predicted octanol–water partition coefficient (Wildman–Crippen LogP) is 9.80. The van der Waals surface area contributed by atoms with Crippen LogP contribution in [0.4, 0.5) is 5.69 Å². The van der Waals surface area contributed by atoms with Gasteiger partial charge in [-0.15, -0.1) is 0 Å². The van der Waals surface area contributed by atoms with Crippen molar-refractivity contribution in [1.82, 2.24) is 0 Å². The summed E-state index contributed by atoms with van der Waals surface area (Å²) in [5.41, 5.74) is 1.13. The maximum atomic E-state index is 13.4. The fraction of sp³-hybridized carbons (Fsp3) is 0.688. The molecule has 5 nitrogen and oxygen atoms in total. The molecule has 0 amide bonds. The molecular formula is C32H53NO4P2. The van der Waals surface area contributed by atoms with Crippen molar-refractivity contribution in [3.05, 3.63) is 30.3 Å². The fourth-order valence-electron chi connectivity index (χ4n) is 4.43. The van der Waals surface area contributed by atoms with E-state index in [9.17, 15) is 19.2 Å². The Bertz CT molecular complexity index is 752. The van der Waals surface area contributed by atoms with Crippen molar-refractivity contribution in [3.63, 3.8) is 0 Å². The van der Waals surface area contributed by atoms with Crippen molar-refractivity contribution >= 4 is 43.6 Å². The predicted molar refractivity (Wildman–Crippen MR) is 169 cm³/mol. The van der Waals surface area contributed by atoms with Crippen LogP contribution in [0.25, 0.3) is 0 Å². The summed E-state index contributed by atoms with van der Waals surface area (Å²) in [6.07, 6.45) is 13.6. The molecule has 0 atom stereocenters. The first-order chi connectivity index (χ1) is 18.9. The van der Waals surface area contributed by atoms with E-state index < -0.39 is 15.8 Å². The Morgan fingerprint density at radius 1 is 0.513 bits per heavy atom. The summed E-state index contributed by atoms with van der Waals surface area (Å²) in [7, 11) is -3.08. The molecule has 1 rings (SSSR count). The fourth-order valence-corrected chi connectivity index (χ4v) is 8.69. The topological polar surface area (TPSA) is 71.5 Å². The number of anilines is 1. The number of unbranched alkanes of at least 4 members (excludes halogenated alkanes) is 8. The van der Waals surface area contributed by atoms with Gasteiger partial charge in [0.25, 0.3) is 0 Å². The Hall–Kier alpha value is -1.44. The monoisotopic (exact) mass is 577 g/mol. The zero-order valence-corrected chi connectivity index (χ0v) is 26.9. The van der Waals surface area contributed by atoms with Crippen LogP contribution >= 0.6 is 15.8 Å². The lowest BCUT2D eigenvalue weighted by atomic mass is 10.2. The molecule has 0 N–H and O–H groups in total. The third kappa shape index (κ3) is 14.7. The van der Waals surface area contributed by atoms with Gasteiger partial charge in [-0.3, -0.25) is 19.2 Å². The highest BCUT2D eigenvalue weighted by Crippen LogP contribution is 2.47. The average molecular weight is 578 g/mol. The van der Waals surface area contributed by atoms with E-state index in [0.717, 1.165) is 82.7 Å². The van der Waals surface area contributed by atoms with E-state index in [-0.39, 0.29) is 22.1 Å². The van der Waals surface area contributed by atoms with Crippen LogP contribution in [-0.2, 0) is 19.2 Å². The number of rotatable bonds is 25. The minimum absolute atomic E-state index is 0.0637. The van der Waals surface area contributed by atoms with Gasteiger partial charge in [0, 0.05) is 31.4 Å². The molecule has 1 aromatic carbocycles. The molecule has 0 aliphatic rings. The third-order valence-corrected chi connectivity index (χ3v) is 11.5. The van der Waals surface area contributed by atoms with Crippen molar-refractivity contribution in [2.75, 3.05) is 17.5 Å². The molecule has 0 unspecified atom stereocenters. The molecule has 39 heavy (non-hydrogen) atoms. The average Bonchev–Trinajstić information content (AvgIpc) is 2.94. The van der Waals surface area contributed by atoms with Crippen LogP contribution in [0.5, 0.6) is 0 Å². The highest BCUT2D eigenvalue weighted by atomic mass is 31.1. The molecule has 1 aromatic rings. The highest BCUT2D eigenvalue weighted by Gasteiger charge is 2.32. The third-order valence-electron chi connectivity index (χ3n) is 6.93. The maximum absolute atomic E-state index is 13.4. The number of benzene rings is 1. The van der Waals surface area contributed by atoms with Gasteiger partial charge >= 0.3 is 0 Å². The summed E-state index contributed by atoms with van der Waals surface area (Å²) < 4.78 is 0. The molecule has 7 heteroatoms. The first-order valence-corrected chi connectivity index (χ1v) is 18.4. The molecule has 0 fully saturated rings. The van der Waals surface area contributed by atoms with E-state index in [4.69, 9.17) is 0 Å². The molecule has 0 aliphatic heterocycles. The molecular weight excluding hydrogens is 524 g/mol. The summed E-state index contributed by atoms with van der Waals surface area (Å²) in [5.74, 6) is 0. The largest absolute Gasteiger partial charge is 0.362 e. The first kappa shape index (κ1) is 35.6. The van der Waals surface area contributed by atoms with Crippen molar-refractivity contribution in [1.29, 1.82) is 0 Å². The second kappa shape index (κ2) is 22.3. The molecule has 0 saturated heterocycles. The van der Waals surface area contributed by atoms with E-state index in [1.165, 1.54) is 0 Å². The lowest BCUT2D eigenvalue weighted by molar-refractivity contribution is -0.115. The van der Waals surface area contributed by atoms with Crippen LogP contribution in [0.3, 0.4) is 0 Å². The molecule has 0 spiro atoms. The molecule has 0 heterocycles.